The van der Waals surface area contributed by atoms with Crippen molar-refractivity contribution < 1.29 is 9.47 Å². The maximum absolute atomic E-state index is 5.23. The van der Waals surface area contributed by atoms with Gasteiger partial charge in [-0.05, 0) is 13.3 Å². The molecule has 2 aromatic rings. The molecule has 0 aliphatic rings. The van der Waals surface area contributed by atoms with Crippen LogP contribution in [0, 0.1) is 6.92 Å². The van der Waals surface area contributed by atoms with Gasteiger partial charge in [-0.1, -0.05) is 0 Å². The fourth-order valence-electron chi connectivity index (χ4n) is 1.56. The average Bonchev–Trinajstić information content (AvgIpc) is 2.85. The Bertz CT molecular complexity index is 503. The number of methoxy groups -OCH3 is 2. The Morgan fingerprint density at radius 2 is 1.89 bits per heavy atom. The third-order valence-electron chi connectivity index (χ3n) is 2.49. The fourth-order valence-corrected chi connectivity index (χ4v) is 2.31. The molecule has 1 aromatic carbocycles. The van der Waals surface area contributed by atoms with E-state index in [1.165, 1.54) is 0 Å². The Balaban J connectivity index is 2.28. The van der Waals surface area contributed by atoms with Crippen LogP contribution in [0.3, 0.4) is 0 Å². The van der Waals surface area contributed by atoms with E-state index in [9.17, 15) is 0 Å². The smallest absolute Gasteiger partial charge is 0.124 e. The highest BCUT2D eigenvalue weighted by Crippen LogP contribution is 2.30. The molecule has 0 aliphatic carbocycles. The number of aromatic nitrogens is 1. The zero-order valence-corrected chi connectivity index (χ0v) is 11.2. The summed E-state index contributed by atoms with van der Waals surface area (Å²) in [6.45, 7) is 3.85. The van der Waals surface area contributed by atoms with E-state index in [0.29, 0.717) is 6.42 Å². The lowest BCUT2D eigenvalue weighted by atomic mass is 10.2. The minimum atomic E-state index is 0.660. The standard InChI is InChI=1S/C13H15N2O2S/c1-4-12-13(18-8-14-12)15-9-5-10(16-2)7-11(6-9)17-3/h5-8,15H,1,4H2,2-3H3. The van der Waals surface area contributed by atoms with E-state index in [-0.39, 0.29) is 0 Å². The first-order valence-electron chi connectivity index (χ1n) is 5.48. The SMILES string of the molecule is [CH2]Cc1ncsc1Nc1cc(OC)cc(OC)c1. The van der Waals surface area contributed by atoms with Gasteiger partial charge < -0.3 is 14.8 Å². The molecular weight excluding hydrogens is 248 g/mol. The molecule has 0 saturated carbocycles. The van der Waals surface area contributed by atoms with Gasteiger partial charge in [0, 0.05) is 23.9 Å². The van der Waals surface area contributed by atoms with E-state index >= 15 is 0 Å². The van der Waals surface area contributed by atoms with E-state index in [2.05, 4.69) is 17.2 Å². The third-order valence-corrected chi connectivity index (χ3v) is 3.27. The summed E-state index contributed by atoms with van der Waals surface area (Å²) in [5, 5.41) is 4.31. The normalized spacial score (nSPS) is 10.2. The second kappa shape index (κ2) is 5.73. The monoisotopic (exact) mass is 263 g/mol. The predicted molar refractivity (Wildman–Crippen MR) is 74.0 cm³/mol. The number of thiazole rings is 1. The summed E-state index contributed by atoms with van der Waals surface area (Å²) in [4.78, 5) is 4.25. The van der Waals surface area contributed by atoms with Crippen LogP contribution in [0.5, 0.6) is 11.5 Å². The zero-order valence-electron chi connectivity index (χ0n) is 10.4. The van der Waals surface area contributed by atoms with Gasteiger partial charge in [-0.2, -0.15) is 0 Å². The van der Waals surface area contributed by atoms with Crippen molar-refractivity contribution in [3.63, 3.8) is 0 Å². The summed E-state index contributed by atoms with van der Waals surface area (Å²) in [6.07, 6.45) is 0.660. The minimum absolute atomic E-state index is 0.660. The minimum Gasteiger partial charge on any atom is -0.497 e. The summed E-state index contributed by atoms with van der Waals surface area (Å²) in [5.74, 6) is 1.50. The molecule has 5 heteroatoms. The second-order valence-electron chi connectivity index (χ2n) is 3.60. The fraction of sp³-hybridized carbons (Fsp3) is 0.231. The van der Waals surface area contributed by atoms with Crippen molar-refractivity contribution in [2.75, 3.05) is 19.5 Å². The van der Waals surface area contributed by atoms with E-state index in [1.807, 2.05) is 18.2 Å². The first-order chi connectivity index (χ1) is 8.76. The molecule has 0 amide bonds. The molecule has 4 nitrogen and oxygen atoms in total. The molecule has 1 aromatic heterocycles. The van der Waals surface area contributed by atoms with Gasteiger partial charge in [-0.25, -0.2) is 4.98 Å². The average molecular weight is 263 g/mol. The maximum atomic E-state index is 5.23. The number of hydrogen-bond donors (Lipinski definition) is 1. The summed E-state index contributed by atoms with van der Waals surface area (Å²) >= 11 is 1.55. The maximum Gasteiger partial charge on any atom is 0.124 e. The van der Waals surface area contributed by atoms with Gasteiger partial charge in [0.15, 0.2) is 0 Å². The lowest BCUT2D eigenvalue weighted by Crippen LogP contribution is -1.94. The topological polar surface area (TPSA) is 43.4 Å². The summed E-state index contributed by atoms with van der Waals surface area (Å²) in [7, 11) is 3.26. The van der Waals surface area contributed by atoms with E-state index in [4.69, 9.17) is 9.47 Å². The van der Waals surface area contributed by atoms with Crippen molar-refractivity contribution in [2.45, 2.75) is 6.42 Å². The molecule has 18 heavy (non-hydrogen) atoms. The third kappa shape index (κ3) is 2.73. The summed E-state index contributed by atoms with van der Waals surface area (Å²) in [6, 6.07) is 5.66. The molecule has 0 bridgehead atoms. The van der Waals surface area contributed by atoms with E-state index in [1.54, 1.807) is 31.1 Å². The van der Waals surface area contributed by atoms with Gasteiger partial charge in [0.1, 0.15) is 16.5 Å². The highest BCUT2D eigenvalue weighted by molar-refractivity contribution is 7.14. The molecule has 0 unspecified atom stereocenters. The number of ether oxygens (including phenoxy) is 2. The molecule has 1 radical (unpaired) electrons. The Hall–Kier alpha value is -1.75. The molecule has 0 aliphatic heterocycles. The highest BCUT2D eigenvalue weighted by Gasteiger charge is 2.07. The Labute approximate surface area is 111 Å². The van der Waals surface area contributed by atoms with Crippen molar-refractivity contribution in [2.24, 2.45) is 0 Å². The van der Waals surface area contributed by atoms with Gasteiger partial charge in [-0.15, -0.1) is 11.3 Å². The van der Waals surface area contributed by atoms with Crippen LogP contribution in [-0.4, -0.2) is 19.2 Å². The Morgan fingerprint density at radius 1 is 1.22 bits per heavy atom. The van der Waals surface area contributed by atoms with E-state index < -0.39 is 0 Å². The van der Waals surface area contributed by atoms with Crippen LogP contribution >= 0.6 is 11.3 Å². The number of nitrogens with zero attached hydrogens (tertiary/aromatic N) is 1. The van der Waals surface area contributed by atoms with Gasteiger partial charge in [0.2, 0.25) is 0 Å². The van der Waals surface area contributed by atoms with Crippen LogP contribution in [0.25, 0.3) is 0 Å². The lowest BCUT2D eigenvalue weighted by molar-refractivity contribution is 0.395. The van der Waals surface area contributed by atoms with Gasteiger partial charge in [0.25, 0.3) is 0 Å². The van der Waals surface area contributed by atoms with Crippen LogP contribution < -0.4 is 14.8 Å². The molecule has 1 heterocycles. The van der Waals surface area contributed by atoms with Crippen molar-refractivity contribution in [3.05, 3.63) is 36.3 Å². The quantitative estimate of drug-likeness (QED) is 0.899. The molecule has 0 atom stereocenters. The van der Waals surface area contributed by atoms with Crippen molar-refractivity contribution in [1.82, 2.24) is 4.98 Å². The van der Waals surface area contributed by atoms with Crippen molar-refractivity contribution in [3.8, 4) is 11.5 Å². The number of benzene rings is 1. The Morgan fingerprint density at radius 3 is 2.44 bits per heavy atom. The highest BCUT2D eigenvalue weighted by atomic mass is 32.1. The Kier molecular flexibility index (Phi) is 4.04. The molecule has 1 N–H and O–H groups in total. The number of anilines is 2. The molecule has 0 fully saturated rings. The molecule has 0 saturated heterocycles. The molecule has 95 valence electrons. The zero-order chi connectivity index (χ0) is 13.0. The van der Waals surface area contributed by atoms with Crippen LogP contribution in [0.2, 0.25) is 0 Å². The first-order valence-corrected chi connectivity index (χ1v) is 6.36. The van der Waals surface area contributed by atoms with Crippen LogP contribution in [0.15, 0.2) is 23.7 Å². The number of hydrogen-bond acceptors (Lipinski definition) is 5. The summed E-state index contributed by atoms with van der Waals surface area (Å²) in [5.41, 5.74) is 3.67. The van der Waals surface area contributed by atoms with Crippen molar-refractivity contribution >= 4 is 22.0 Å². The molecular formula is C13H15N2O2S. The number of nitrogens with one attached hydrogen (secondary N) is 1. The largest absolute Gasteiger partial charge is 0.497 e. The van der Waals surface area contributed by atoms with Gasteiger partial charge >= 0.3 is 0 Å². The lowest BCUT2D eigenvalue weighted by Gasteiger charge is -2.10. The first kappa shape index (κ1) is 12.7. The van der Waals surface area contributed by atoms with Gasteiger partial charge in [-0.3, -0.25) is 0 Å². The van der Waals surface area contributed by atoms with Crippen LogP contribution in [-0.2, 0) is 6.42 Å². The van der Waals surface area contributed by atoms with Crippen molar-refractivity contribution in [1.29, 1.82) is 0 Å². The van der Waals surface area contributed by atoms with Gasteiger partial charge in [0.05, 0.1) is 25.4 Å². The van der Waals surface area contributed by atoms with Crippen LogP contribution in [0.1, 0.15) is 5.69 Å². The summed E-state index contributed by atoms with van der Waals surface area (Å²) < 4.78 is 10.5. The number of rotatable bonds is 5. The molecule has 2 rings (SSSR count). The van der Waals surface area contributed by atoms with Crippen LogP contribution in [0.4, 0.5) is 10.7 Å². The molecule has 0 spiro atoms. The predicted octanol–water partition coefficient (Wildman–Crippen LogP) is 3.28. The second-order valence-corrected chi connectivity index (χ2v) is 4.46. The van der Waals surface area contributed by atoms with E-state index in [0.717, 1.165) is 27.9 Å².